The molecule has 6 rings (SSSR count). The number of carbonyl (C=O) groups excluding carboxylic acids is 1. The molecule has 0 saturated carbocycles. The highest BCUT2D eigenvalue weighted by Crippen LogP contribution is 2.28. The zero-order chi connectivity index (χ0) is 30.5. The van der Waals surface area contributed by atoms with Crippen LogP contribution < -0.4 is 9.79 Å². The largest absolute Gasteiger partial charge is 0.347 e. The van der Waals surface area contributed by atoms with Crippen LogP contribution in [-0.4, -0.2) is 54.0 Å². The van der Waals surface area contributed by atoms with Gasteiger partial charge in [0.2, 0.25) is 0 Å². The first-order valence-electron chi connectivity index (χ1n) is 14.6. The van der Waals surface area contributed by atoms with Crippen LogP contribution in [0, 0.1) is 6.92 Å². The Hall–Kier alpha value is -4.74. The summed E-state index contributed by atoms with van der Waals surface area (Å²) in [6, 6.07) is 23.1. The zero-order valence-corrected chi connectivity index (χ0v) is 25.3. The lowest BCUT2D eigenvalue weighted by Crippen LogP contribution is -2.30. The van der Waals surface area contributed by atoms with Crippen molar-refractivity contribution < 1.29 is 18.0 Å². The number of nitrogens with one attached hydrogen (secondary N) is 1. The highest BCUT2D eigenvalue weighted by Gasteiger charge is 2.27. The van der Waals surface area contributed by atoms with E-state index >= 15 is 0 Å². The minimum Gasteiger partial charge on any atom is -0.347 e. The normalized spacial score (nSPS) is 13.7. The van der Waals surface area contributed by atoms with E-state index in [2.05, 4.69) is 55.2 Å². The minimum atomic E-state index is -4.13. The van der Waals surface area contributed by atoms with E-state index in [1.54, 1.807) is 36.4 Å². The van der Waals surface area contributed by atoms with E-state index in [-0.39, 0.29) is 17.1 Å². The number of nitrogens with zero attached hydrogens (tertiary/aromatic N) is 5. The molecule has 0 amide bonds. The third-order valence-corrected chi connectivity index (χ3v) is 9.43. The average Bonchev–Trinajstić information content (AvgIpc) is 3.71. The maximum absolute atomic E-state index is 13.2. The van der Waals surface area contributed by atoms with E-state index in [0.717, 1.165) is 41.7 Å². The first-order valence-corrected chi connectivity index (χ1v) is 16.1. The van der Waals surface area contributed by atoms with Gasteiger partial charge in [0.25, 0.3) is 10.0 Å². The summed E-state index contributed by atoms with van der Waals surface area (Å²) in [7, 11) is -4.13. The van der Waals surface area contributed by atoms with Crippen molar-refractivity contribution in [3.8, 4) is 11.3 Å². The summed E-state index contributed by atoms with van der Waals surface area (Å²) in [5.41, 5.74) is 4.71. The number of likely N-dealkylation sites (tertiary alicyclic amines) is 1. The fourth-order valence-electron chi connectivity index (χ4n) is 5.52. The number of hydrogen-bond donors (Lipinski definition) is 1. The summed E-state index contributed by atoms with van der Waals surface area (Å²) < 4.78 is 29.3. The SMILES string of the molecule is Cc1ccc(S(=O)(=O)N(OC=O)c2ccc(Nc3cc(-c4ccc5c(ccn5CCCN5CCCC5)c4)ncn3)cc2)cc1. The molecule has 0 bridgehead atoms. The topological polar surface area (TPSA) is 110 Å². The molecular formula is C33H34N6O4S. The molecule has 11 heteroatoms. The second-order valence-electron chi connectivity index (χ2n) is 10.9. The Morgan fingerprint density at radius 1 is 0.932 bits per heavy atom. The number of benzene rings is 3. The third kappa shape index (κ3) is 6.43. The van der Waals surface area contributed by atoms with E-state index in [4.69, 9.17) is 4.84 Å². The number of anilines is 3. The summed E-state index contributed by atoms with van der Waals surface area (Å²) in [6.45, 7) is 6.54. The molecule has 0 atom stereocenters. The Kier molecular flexibility index (Phi) is 8.58. The predicted octanol–water partition coefficient (Wildman–Crippen LogP) is 5.92. The van der Waals surface area contributed by atoms with Gasteiger partial charge in [-0.15, -0.1) is 0 Å². The lowest BCUT2D eigenvalue weighted by atomic mass is 10.1. The molecule has 0 radical (unpaired) electrons. The second kappa shape index (κ2) is 12.9. The number of aromatic nitrogens is 3. The Morgan fingerprint density at radius 2 is 1.70 bits per heavy atom. The maximum Gasteiger partial charge on any atom is 0.322 e. The van der Waals surface area contributed by atoms with Crippen molar-refractivity contribution >= 4 is 44.6 Å². The van der Waals surface area contributed by atoms with Gasteiger partial charge < -0.3 is 19.6 Å². The Bertz CT molecular complexity index is 1850. The lowest BCUT2D eigenvalue weighted by molar-refractivity contribution is -0.128. The van der Waals surface area contributed by atoms with E-state index < -0.39 is 10.0 Å². The van der Waals surface area contributed by atoms with Crippen LogP contribution in [0.1, 0.15) is 24.8 Å². The van der Waals surface area contributed by atoms with E-state index in [9.17, 15) is 13.2 Å². The highest BCUT2D eigenvalue weighted by atomic mass is 32.2. The van der Waals surface area contributed by atoms with Crippen LogP contribution in [0.25, 0.3) is 22.2 Å². The molecule has 1 aliphatic rings. The summed E-state index contributed by atoms with van der Waals surface area (Å²) in [5.74, 6) is 0.579. The van der Waals surface area contributed by atoms with Crippen molar-refractivity contribution in [2.24, 2.45) is 0 Å². The van der Waals surface area contributed by atoms with Gasteiger partial charge in [-0.1, -0.05) is 28.2 Å². The second-order valence-corrected chi connectivity index (χ2v) is 12.6. The molecule has 0 spiro atoms. The van der Waals surface area contributed by atoms with Crippen molar-refractivity contribution in [1.29, 1.82) is 0 Å². The van der Waals surface area contributed by atoms with Crippen LogP contribution in [0.5, 0.6) is 0 Å². The van der Waals surface area contributed by atoms with Gasteiger partial charge in [-0.25, -0.2) is 9.97 Å². The van der Waals surface area contributed by atoms with Crippen molar-refractivity contribution in [2.75, 3.05) is 29.4 Å². The molecule has 3 heterocycles. The van der Waals surface area contributed by atoms with Crippen molar-refractivity contribution in [1.82, 2.24) is 19.4 Å². The van der Waals surface area contributed by atoms with Gasteiger partial charge in [0.15, 0.2) is 0 Å². The maximum atomic E-state index is 13.2. The third-order valence-electron chi connectivity index (χ3n) is 7.83. The fourth-order valence-corrected chi connectivity index (χ4v) is 6.74. The van der Waals surface area contributed by atoms with Gasteiger partial charge in [-0.3, -0.25) is 4.79 Å². The Morgan fingerprint density at radius 3 is 2.45 bits per heavy atom. The van der Waals surface area contributed by atoms with Crippen LogP contribution in [0.2, 0.25) is 0 Å². The number of hydrogen-bond acceptors (Lipinski definition) is 8. The first kappa shape index (κ1) is 29.3. The molecule has 10 nitrogen and oxygen atoms in total. The Balaban J connectivity index is 1.15. The molecule has 3 aromatic carbocycles. The van der Waals surface area contributed by atoms with Gasteiger partial charge in [0.05, 0.1) is 16.3 Å². The molecule has 0 unspecified atom stereocenters. The molecule has 0 aliphatic carbocycles. The summed E-state index contributed by atoms with van der Waals surface area (Å²) in [4.78, 5) is 27.5. The van der Waals surface area contributed by atoms with E-state index in [1.807, 2.05) is 13.0 Å². The van der Waals surface area contributed by atoms with Crippen LogP contribution >= 0.6 is 0 Å². The number of rotatable bonds is 12. The molecule has 1 aliphatic heterocycles. The number of sulfonamides is 1. The van der Waals surface area contributed by atoms with E-state index in [0.29, 0.717) is 16.0 Å². The monoisotopic (exact) mass is 610 g/mol. The van der Waals surface area contributed by atoms with Crippen LogP contribution in [0.3, 0.4) is 0 Å². The van der Waals surface area contributed by atoms with Crippen LogP contribution in [-0.2, 0) is 26.2 Å². The molecular weight excluding hydrogens is 576 g/mol. The number of carbonyl (C=O) groups is 1. The predicted molar refractivity (Wildman–Crippen MR) is 171 cm³/mol. The molecule has 1 N–H and O–H groups in total. The fraction of sp³-hybridized carbons (Fsp3) is 0.242. The van der Waals surface area contributed by atoms with Gasteiger partial charge in [-0.2, -0.15) is 8.42 Å². The summed E-state index contributed by atoms with van der Waals surface area (Å²) >= 11 is 0. The van der Waals surface area contributed by atoms with Crippen LogP contribution in [0.15, 0.2) is 96.3 Å². The first-order chi connectivity index (χ1) is 21.4. The van der Waals surface area contributed by atoms with Crippen molar-refractivity contribution in [3.63, 3.8) is 0 Å². The molecule has 226 valence electrons. The van der Waals surface area contributed by atoms with Gasteiger partial charge in [0, 0.05) is 41.0 Å². The summed E-state index contributed by atoms with van der Waals surface area (Å²) in [5, 5.41) is 4.40. The van der Waals surface area contributed by atoms with E-state index in [1.165, 1.54) is 49.9 Å². The molecule has 1 saturated heterocycles. The standard InChI is InChI=1S/C33H34N6O4S/c1-25-5-12-30(13-6-25)44(41,42)39(43-24-40)29-10-8-28(9-11-29)36-33-22-31(34-23-35-33)26-7-14-32-27(21-26)15-20-38(32)19-4-18-37-16-2-3-17-37/h5-15,20-24H,2-4,16-19H2,1H3,(H,34,35,36). The molecule has 44 heavy (non-hydrogen) atoms. The molecule has 1 fully saturated rings. The van der Waals surface area contributed by atoms with Gasteiger partial charge in [-0.05, 0) is 100 Å². The van der Waals surface area contributed by atoms with Crippen molar-refractivity contribution in [3.05, 3.63) is 97.0 Å². The number of aryl methyl sites for hydroxylation is 2. The van der Waals surface area contributed by atoms with Gasteiger partial charge in [0.1, 0.15) is 12.1 Å². The number of fused-ring (bicyclic) bond motifs is 1. The molecule has 2 aromatic heterocycles. The van der Waals surface area contributed by atoms with Crippen LogP contribution in [0.4, 0.5) is 17.2 Å². The average molecular weight is 611 g/mol. The van der Waals surface area contributed by atoms with Gasteiger partial charge >= 0.3 is 6.47 Å². The highest BCUT2D eigenvalue weighted by molar-refractivity contribution is 7.92. The summed E-state index contributed by atoms with van der Waals surface area (Å²) in [6.07, 6.45) is 7.44. The molecule has 5 aromatic rings. The van der Waals surface area contributed by atoms with Crippen molar-refractivity contribution in [2.45, 2.75) is 37.6 Å². The minimum absolute atomic E-state index is 0.00735. The quantitative estimate of drug-likeness (QED) is 0.137. The zero-order valence-electron chi connectivity index (χ0n) is 24.5. The lowest BCUT2D eigenvalue weighted by Gasteiger charge is -2.21. The smallest absolute Gasteiger partial charge is 0.322 e. The Labute approximate surface area is 256 Å².